The monoisotopic (exact) mass is 402 g/mol. The predicted molar refractivity (Wildman–Crippen MR) is 96.3 cm³/mol. The van der Waals surface area contributed by atoms with Gasteiger partial charge in [-0.2, -0.15) is 8.78 Å². The Morgan fingerprint density at radius 3 is 2.12 bits per heavy atom. The molecule has 2 aromatic rings. The van der Waals surface area contributed by atoms with Gasteiger partial charge in [0.2, 0.25) is 9.84 Å². The molecule has 0 aliphatic heterocycles. The third kappa shape index (κ3) is 4.50. The van der Waals surface area contributed by atoms with Gasteiger partial charge in [0.15, 0.2) is 0 Å². The van der Waals surface area contributed by atoms with Crippen LogP contribution in [-0.4, -0.2) is 32.2 Å². The number of carbonyl (C=O) groups excluding carboxylic acids is 1. The number of sulfone groups is 1. The number of anilines is 1. The second-order valence-electron chi connectivity index (χ2n) is 5.60. The van der Waals surface area contributed by atoms with Crippen LogP contribution in [-0.2, 0) is 9.84 Å². The van der Waals surface area contributed by atoms with Crippen LogP contribution in [0.1, 0.15) is 18.5 Å². The molecule has 0 aliphatic carbocycles. The zero-order valence-corrected chi connectivity index (χ0v) is 15.6. The zero-order valence-electron chi connectivity index (χ0n) is 14.0. The molecule has 1 unspecified atom stereocenters. The molecule has 140 valence electrons. The van der Waals surface area contributed by atoms with Crippen molar-refractivity contribution in [1.29, 1.82) is 0 Å². The lowest BCUT2D eigenvalue weighted by Crippen LogP contribution is -2.33. The molecular weight excluding hydrogens is 386 g/mol. The predicted octanol–water partition coefficient (Wildman–Crippen LogP) is 4.56. The molecular formula is C17H17ClF2N2O3S. The Morgan fingerprint density at radius 1 is 1.08 bits per heavy atom. The van der Waals surface area contributed by atoms with Crippen LogP contribution in [0.3, 0.4) is 0 Å². The summed E-state index contributed by atoms with van der Waals surface area (Å²) in [6.45, 7) is 1.83. The number of urea groups is 1. The lowest BCUT2D eigenvalue weighted by atomic mass is 10.1. The molecule has 2 rings (SSSR count). The quantitative estimate of drug-likeness (QED) is 0.797. The summed E-state index contributed by atoms with van der Waals surface area (Å²) in [6.07, 6.45) is 0. The highest BCUT2D eigenvalue weighted by atomic mass is 35.5. The second kappa shape index (κ2) is 8.01. The van der Waals surface area contributed by atoms with E-state index in [9.17, 15) is 22.0 Å². The molecule has 0 aliphatic rings. The highest BCUT2D eigenvalue weighted by Gasteiger charge is 2.26. The van der Waals surface area contributed by atoms with E-state index in [0.29, 0.717) is 10.7 Å². The Kier molecular flexibility index (Phi) is 6.20. The van der Waals surface area contributed by atoms with Crippen LogP contribution in [0, 0.1) is 0 Å². The molecule has 0 saturated carbocycles. The largest absolute Gasteiger partial charge is 0.341 e. The van der Waals surface area contributed by atoms with E-state index < -0.39 is 26.5 Å². The van der Waals surface area contributed by atoms with Gasteiger partial charge in [-0.05, 0) is 48.9 Å². The maximum atomic E-state index is 12.5. The van der Waals surface area contributed by atoms with E-state index in [0.717, 1.165) is 17.7 Å². The summed E-state index contributed by atoms with van der Waals surface area (Å²) >= 11 is 5.85. The SMILES string of the molecule is CC(c1ccc(Cl)cc1)N(C)C(=O)Nc1ccc(S(=O)(=O)C(F)F)cc1. The minimum Gasteiger partial charge on any atom is -0.321 e. The lowest BCUT2D eigenvalue weighted by molar-refractivity contribution is 0.208. The van der Waals surface area contributed by atoms with Crippen LogP contribution in [0.5, 0.6) is 0 Å². The molecule has 1 atom stereocenters. The number of alkyl halides is 2. The number of rotatable bonds is 5. The molecule has 2 amide bonds. The number of nitrogens with zero attached hydrogens (tertiary/aromatic N) is 1. The average Bonchev–Trinajstić information content (AvgIpc) is 2.61. The smallest absolute Gasteiger partial charge is 0.321 e. The molecule has 0 saturated heterocycles. The Morgan fingerprint density at radius 2 is 1.62 bits per heavy atom. The van der Waals surface area contributed by atoms with Crippen LogP contribution in [0.2, 0.25) is 5.02 Å². The molecule has 26 heavy (non-hydrogen) atoms. The number of benzene rings is 2. The maximum absolute atomic E-state index is 12.5. The van der Waals surface area contributed by atoms with Crippen LogP contribution in [0.25, 0.3) is 0 Å². The fourth-order valence-electron chi connectivity index (χ4n) is 2.18. The Hall–Kier alpha value is -2.19. The van der Waals surface area contributed by atoms with Gasteiger partial charge in [-0.1, -0.05) is 23.7 Å². The van der Waals surface area contributed by atoms with Gasteiger partial charge in [-0.3, -0.25) is 0 Å². The van der Waals surface area contributed by atoms with Gasteiger partial charge in [-0.15, -0.1) is 0 Å². The number of halogens is 3. The topological polar surface area (TPSA) is 66.5 Å². The molecule has 1 N–H and O–H groups in total. The third-order valence-corrected chi connectivity index (χ3v) is 5.57. The van der Waals surface area contributed by atoms with Crippen molar-refractivity contribution in [3.05, 3.63) is 59.1 Å². The summed E-state index contributed by atoms with van der Waals surface area (Å²) in [5.74, 6) is -3.49. The van der Waals surface area contributed by atoms with E-state index in [1.54, 1.807) is 31.3 Å². The van der Waals surface area contributed by atoms with E-state index in [1.165, 1.54) is 17.0 Å². The molecule has 0 fully saturated rings. The number of carbonyl (C=O) groups is 1. The molecule has 0 aromatic heterocycles. The van der Waals surface area contributed by atoms with Crippen LogP contribution in [0.4, 0.5) is 19.3 Å². The zero-order chi connectivity index (χ0) is 19.5. The van der Waals surface area contributed by atoms with Crippen molar-refractivity contribution in [2.75, 3.05) is 12.4 Å². The highest BCUT2D eigenvalue weighted by molar-refractivity contribution is 7.91. The highest BCUT2D eigenvalue weighted by Crippen LogP contribution is 2.23. The number of amides is 2. The average molecular weight is 403 g/mol. The van der Waals surface area contributed by atoms with Crippen molar-refractivity contribution in [2.45, 2.75) is 23.6 Å². The maximum Gasteiger partial charge on any atom is 0.341 e. The van der Waals surface area contributed by atoms with Crippen LogP contribution >= 0.6 is 11.6 Å². The second-order valence-corrected chi connectivity index (χ2v) is 7.95. The summed E-state index contributed by atoms with van der Waals surface area (Å²) in [5, 5.41) is 3.18. The molecule has 0 spiro atoms. The lowest BCUT2D eigenvalue weighted by Gasteiger charge is -2.25. The Bertz CT molecular complexity index is 872. The van der Waals surface area contributed by atoms with Gasteiger partial charge in [0.05, 0.1) is 10.9 Å². The molecule has 0 radical (unpaired) electrons. The van der Waals surface area contributed by atoms with Crippen LogP contribution < -0.4 is 5.32 Å². The minimum absolute atomic E-state index is 0.245. The van der Waals surface area contributed by atoms with Crippen molar-refractivity contribution < 1.29 is 22.0 Å². The van der Waals surface area contributed by atoms with E-state index >= 15 is 0 Å². The molecule has 0 heterocycles. The van der Waals surface area contributed by atoms with E-state index in [2.05, 4.69) is 5.32 Å². The van der Waals surface area contributed by atoms with Gasteiger partial charge in [0.25, 0.3) is 0 Å². The molecule has 9 heteroatoms. The number of hydrogen-bond acceptors (Lipinski definition) is 3. The van der Waals surface area contributed by atoms with Crippen molar-refractivity contribution in [2.24, 2.45) is 0 Å². The van der Waals surface area contributed by atoms with E-state index in [1.807, 2.05) is 6.92 Å². The third-order valence-electron chi connectivity index (χ3n) is 3.92. The summed E-state index contributed by atoms with van der Waals surface area (Å²) < 4.78 is 47.8. The molecule has 2 aromatic carbocycles. The number of hydrogen-bond donors (Lipinski definition) is 1. The van der Waals surface area contributed by atoms with E-state index in [4.69, 9.17) is 11.6 Å². The van der Waals surface area contributed by atoms with Crippen molar-refractivity contribution in [3.8, 4) is 0 Å². The number of nitrogens with one attached hydrogen (secondary N) is 1. The molecule has 5 nitrogen and oxygen atoms in total. The van der Waals surface area contributed by atoms with Gasteiger partial charge in [0, 0.05) is 17.8 Å². The first-order valence-electron chi connectivity index (χ1n) is 7.54. The van der Waals surface area contributed by atoms with Crippen molar-refractivity contribution >= 4 is 33.2 Å². The molecule has 0 bridgehead atoms. The summed E-state index contributed by atoms with van der Waals surface area (Å²) in [6, 6.07) is 11.0. The fourth-order valence-corrected chi connectivity index (χ4v) is 3.03. The van der Waals surface area contributed by atoms with Crippen LogP contribution in [0.15, 0.2) is 53.4 Å². The first-order chi connectivity index (χ1) is 12.1. The van der Waals surface area contributed by atoms with Crippen molar-refractivity contribution in [1.82, 2.24) is 4.90 Å². The van der Waals surface area contributed by atoms with Gasteiger partial charge in [-0.25, -0.2) is 13.2 Å². The van der Waals surface area contributed by atoms with Gasteiger partial charge >= 0.3 is 11.8 Å². The first-order valence-corrected chi connectivity index (χ1v) is 9.46. The Balaban J connectivity index is 2.08. The minimum atomic E-state index is -4.66. The summed E-state index contributed by atoms with van der Waals surface area (Å²) in [7, 11) is -3.06. The van der Waals surface area contributed by atoms with Gasteiger partial charge in [0.1, 0.15) is 0 Å². The summed E-state index contributed by atoms with van der Waals surface area (Å²) in [5.41, 5.74) is 1.17. The normalized spacial score (nSPS) is 12.7. The standard InChI is InChI=1S/C17H17ClF2N2O3S/c1-11(12-3-5-13(18)6-4-12)22(2)17(23)21-14-7-9-15(10-8-14)26(24,25)16(19)20/h3-11,16H,1-2H3,(H,21,23). The van der Waals surface area contributed by atoms with Gasteiger partial charge < -0.3 is 10.2 Å². The Labute approximate surface area is 155 Å². The first kappa shape index (κ1) is 20.1. The summed E-state index contributed by atoms with van der Waals surface area (Å²) in [4.78, 5) is 13.3. The van der Waals surface area contributed by atoms with E-state index in [-0.39, 0.29) is 6.04 Å². The fraction of sp³-hybridized carbons (Fsp3) is 0.235. The van der Waals surface area contributed by atoms with Crippen molar-refractivity contribution in [3.63, 3.8) is 0 Å².